The largest absolute Gasteiger partial charge is 0.382 e. The van der Waals surface area contributed by atoms with Gasteiger partial charge in [0.2, 0.25) is 0 Å². The molecule has 1 fully saturated rings. The third-order valence-corrected chi connectivity index (χ3v) is 4.95. The third-order valence-electron chi connectivity index (χ3n) is 4.95. The molecular formula is C15H31NO. The number of hydrogen-bond donors (Lipinski definition) is 1. The molecule has 2 nitrogen and oxygen atoms in total. The summed E-state index contributed by atoms with van der Waals surface area (Å²) in [4.78, 5) is 0. The van der Waals surface area contributed by atoms with E-state index in [1.54, 1.807) is 0 Å². The zero-order valence-electron chi connectivity index (χ0n) is 12.2. The van der Waals surface area contributed by atoms with E-state index in [2.05, 4.69) is 20.8 Å². The van der Waals surface area contributed by atoms with E-state index in [1.165, 1.54) is 32.1 Å². The second-order valence-corrected chi connectivity index (χ2v) is 6.43. The first-order chi connectivity index (χ1) is 7.93. The minimum Gasteiger partial charge on any atom is -0.382 e. The molecule has 1 aliphatic rings. The quantitative estimate of drug-likeness (QED) is 0.719. The lowest BCUT2D eigenvalue weighted by atomic mass is 9.65. The predicted molar refractivity (Wildman–Crippen MR) is 74.1 cm³/mol. The monoisotopic (exact) mass is 241 g/mol. The summed E-state index contributed by atoms with van der Waals surface area (Å²) >= 11 is 0. The molecule has 0 aliphatic heterocycles. The van der Waals surface area contributed by atoms with Crippen LogP contribution < -0.4 is 5.73 Å². The maximum Gasteiger partial charge on any atom is 0.0483 e. The van der Waals surface area contributed by atoms with Crippen molar-refractivity contribution in [1.82, 2.24) is 0 Å². The van der Waals surface area contributed by atoms with Crippen LogP contribution in [-0.4, -0.2) is 18.8 Å². The summed E-state index contributed by atoms with van der Waals surface area (Å²) in [6.07, 6.45) is 7.24. The van der Waals surface area contributed by atoms with E-state index in [0.717, 1.165) is 25.6 Å². The van der Waals surface area contributed by atoms with Gasteiger partial charge in [-0.2, -0.15) is 0 Å². The van der Waals surface area contributed by atoms with E-state index in [4.69, 9.17) is 10.5 Å². The highest BCUT2D eigenvalue weighted by Gasteiger charge is 2.36. The Morgan fingerprint density at radius 2 is 1.82 bits per heavy atom. The fraction of sp³-hybridized carbons (Fsp3) is 1.00. The molecule has 0 bridgehead atoms. The number of ether oxygens (including phenoxy) is 1. The molecule has 1 aliphatic carbocycles. The average Bonchev–Trinajstić information content (AvgIpc) is 2.30. The van der Waals surface area contributed by atoms with E-state index < -0.39 is 0 Å². The third kappa shape index (κ3) is 4.26. The van der Waals surface area contributed by atoms with Crippen LogP contribution >= 0.6 is 0 Å². The highest BCUT2D eigenvalue weighted by Crippen LogP contribution is 2.43. The van der Waals surface area contributed by atoms with Crippen LogP contribution in [0.1, 0.15) is 66.2 Å². The minimum atomic E-state index is 0.0511. The van der Waals surface area contributed by atoms with E-state index in [1.807, 2.05) is 6.92 Å². The molecule has 1 saturated carbocycles. The molecule has 0 spiro atoms. The molecule has 1 rings (SSSR count). The molecule has 0 radical (unpaired) electrons. The second-order valence-electron chi connectivity index (χ2n) is 6.43. The Bertz CT molecular complexity index is 217. The summed E-state index contributed by atoms with van der Waals surface area (Å²) in [5, 5.41) is 0. The number of nitrogens with two attached hydrogens (primary N) is 1. The Morgan fingerprint density at radius 3 is 2.29 bits per heavy atom. The molecule has 0 aromatic carbocycles. The number of rotatable bonds is 6. The van der Waals surface area contributed by atoms with Gasteiger partial charge in [0.25, 0.3) is 0 Å². The topological polar surface area (TPSA) is 35.2 Å². The standard InChI is InChI=1S/C15H31NO/c1-5-14(3,4)13-7-9-15(16,10-8-13)11-12-17-6-2/h13H,5-12,16H2,1-4H3. The Kier molecular flexibility index (Phi) is 5.46. The molecule has 0 aromatic heterocycles. The van der Waals surface area contributed by atoms with Gasteiger partial charge in [0.05, 0.1) is 0 Å². The molecule has 0 atom stereocenters. The van der Waals surface area contributed by atoms with Crippen LogP contribution in [0.4, 0.5) is 0 Å². The van der Waals surface area contributed by atoms with E-state index >= 15 is 0 Å². The summed E-state index contributed by atoms with van der Waals surface area (Å²) in [5.41, 5.74) is 7.01. The van der Waals surface area contributed by atoms with Gasteiger partial charge in [0.15, 0.2) is 0 Å². The van der Waals surface area contributed by atoms with Crippen molar-refractivity contribution in [1.29, 1.82) is 0 Å². The van der Waals surface area contributed by atoms with E-state index in [0.29, 0.717) is 5.41 Å². The summed E-state index contributed by atoms with van der Waals surface area (Å²) < 4.78 is 5.44. The second kappa shape index (κ2) is 6.19. The van der Waals surface area contributed by atoms with Gasteiger partial charge in [0, 0.05) is 18.8 Å². The molecule has 0 unspecified atom stereocenters. The summed E-state index contributed by atoms with van der Waals surface area (Å²) in [5.74, 6) is 0.858. The van der Waals surface area contributed by atoms with Gasteiger partial charge in [-0.05, 0) is 50.4 Å². The molecule has 0 saturated heterocycles. The Hall–Kier alpha value is -0.0800. The normalized spacial score (nSPS) is 30.5. The van der Waals surface area contributed by atoms with Crippen LogP contribution in [-0.2, 0) is 4.74 Å². The van der Waals surface area contributed by atoms with Gasteiger partial charge in [0.1, 0.15) is 0 Å². The molecule has 0 heterocycles. The maximum atomic E-state index is 6.47. The Labute approximate surface area is 107 Å². The van der Waals surface area contributed by atoms with Crippen LogP contribution in [0.25, 0.3) is 0 Å². The van der Waals surface area contributed by atoms with Crippen LogP contribution in [0.5, 0.6) is 0 Å². The van der Waals surface area contributed by atoms with Gasteiger partial charge in [-0.25, -0.2) is 0 Å². The molecule has 2 heteroatoms. The minimum absolute atomic E-state index is 0.0511. The van der Waals surface area contributed by atoms with Crippen molar-refractivity contribution in [3.8, 4) is 0 Å². The van der Waals surface area contributed by atoms with Gasteiger partial charge in [-0.3, -0.25) is 0 Å². The first-order valence-electron chi connectivity index (χ1n) is 7.30. The van der Waals surface area contributed by atoms with Crippen molar-refractivity contribution in [2.24, 2.45) is 17.1 Å². The summed E-state index contributed by atoms with van der Waals surface area (Å²) in [7, 11) is 0. The predicted octanol–water partition coefficient (Wildman–Crippen LogP) is 3.74. The first kappa shape index (κ1) is 15.0. The smallest absolute Gasteiger partial charge is 0.0483 e. The lowest BCUT2D eigenvalue weighted by Crippen LogP contribution is -2.46. The maximum absolute atomic E-state index is 6.47. The molecule has 0 aromatic rings. The fourth-order valence-corrected chi connectivity index (χ4v) is 2.93. The van der Waals surface area contributed by atoms with Crippen LogP contribution in [0.15, 0.2) is 0 Å². The van der Waals surface area contributed by atoms with Crippen molar-refractivity contribution < 1.29 is 4.74 Å². The highest BCUT2D eigenvalue weighted by molar-refractivity contribution is 4.93. The van der Waals surface area contributed by atoms with Crippen molar-refractivity contribution in [3.05, 3.63) is 0 Å². The van der Waals surface area contributed by atoms with Gasteiger partial charge in [-0.1, -0.05) is 27.2 Å². The van der Waals surface area contributed by atoms with Crippen molar-refractivity contribution in [2.45, 2.75) is 71.8 Å². The zero-order valence-corrected chi connectivity index (χ0v) is 12.2. The molecule has 17 heavy (non-hydrogen) atoms. The van der Waals surface area contributed by atoms with Crippen LogP contribution in [0.2, 0.25) is 0 Å². The van der Waals surface area contributed by atoms with E-state index in [-0.39, 0.29) is 5.54 Å². The lowest BCUT2D eigenvalue weighted by molar-refractivity contribution is 0.0811. The van der Waals surface area contributed by atoms with Crippen LogP contribution in [0, 0.1) is 11.3 Å². The Balaban J connectivity index is 2.38. The van der Waals surface area contributed by atoms with E-state index in [9.17, 15) is 0 Å². The molecule has 0 amide bonds. The SMILES string of the molecule is CCOCCC1(N)CCC(C(C)(C)CC)CC1. The molecular weight excluding hydrogens is 210 g/mol. The summed E-state index contributed by atoms with van der Waals surface area (Å²) in [6.45, 7) is 10.8. The van der Waals surface area contributed by atoms with Crippen molar-refractivity contribution >= 4 is 0 Å². The van der Waals surface area contributed by atoms with Crippen LogP contribution in [0.3, 0.4) is 0 Å². The molecule has 102 valence electrons. The lowest BCUT2D eigenvalue weighted by Gasteiger charge is -2.43. The average molecular weight is 241 g/mol. The first-order valence-corrected chi connectivity index (χ1v) is 7.30. The van der Waals surface area contributed by atoms with Gasteiger partial charge >= 0.3 is 0 Å². The molecule has 2 N–H and O–H groups in total. The fourth-order valence-electron chi connectivity index (χ4n) is 2.93. The van der Waals surface area contributed by atoms with Gasteiger partial charge < -0.3 is 10.5 Å². The zero-order chi connectivity index (χ0) is 12.9. The number of hydrogen-bond acceptors (Lipinski definition) is 2. The van der Waals surface area contributed by atoms with Crippen molar-refractivity contribution in [2.75, 3.05) is 13.2 Å². The summed E-state index contributed by atoms with van der Waals surface area (Å²) in [6, 6.07) is 0. The van der Waals surface area contributed by atoms with Gasteiger partial charge in [-0.15, -0.1) is 0 Å². The van der Waals surface area contributed by atoms with Crippen molar-refractivity contribution in [3.63, 3.8) is 0 Å². The highest BCUT2D eigenvalue weighted by atomic mass is 16.5. The Morgan fingerprint density at radius 1 is 1.24 bits per heavy atom.